The molecule has 1 aliphatic heterocycles. The van der Waals surface area contributed by atoms with E-state index in [4.69, 9.17) is 23.2 Å². The molecule has 1 unspecified atom stereocenters. The molecule has 1 amide bonds. The van der Waals surface area contributed by atoms with Gasteiger partial charge >= 0.3 is 0 Å². The Labute approximate surface area is 194 Å². The minimum atomic E-state index is -3.52. The molecule has 3 rings (SSSR count). The quantitative estimate of drug-likeness (QED) is 0.627. The molecule has 1 N–H and O–H groups in total. The number of sulfonamides is 1. The SMILES string of the molecule is Cc1ccc(C(C)NC(=O)C2CCN(S(=O)(=O)Cc3ccc(Cl)cc3Cl)CC2)c(C)c1. The van der Waals surface area contributed by atoms with Gasteiger partial charge in [-0.15, -0.1) is 0 Å². The van der Waals surface area contributed by atoms with Crippen LogP contribution in [0.1, 0.15) is 48.1 Å². The van der Waals surface area contributed by atoms with E-state index in [-0.39, 0.29) is 23.6 Å². The van der Waals surface area contributed by atoms with E-state index in [2.05, 4.69) is 11.4 Å². The third-order valence-electron chi connectivity index (χ3n) is 5.82. The van der Waals surface area contributed by atoms with E-state index in [0.29, 0.717) is 41.5 Å². The van der Waals surface area contributed by atoms with Crippen LogP contribution in [0.2, 0.25) is 10.0 Å². The highest BCUT2D eigenvalue weighted by molar-refractivity contribution is 7.88. The summed E-state index contributed by atoms with van der Waals surface area (Å²) in [5.74, 6) is -0.395. The highest BCUT2D eigenvalue weighted by Gasteiger charge is 2.32. The lowest BCUT2D eigenvalue weighted by Gasteiger charge is -2.31. The molecule has 1 heterocycles. The van der Waals surface area contributed by atoms with E-state index in [0.717, 1.165) is 11.1 Å². The first-order valence-electron chi connectivity index (χ1n) is 10.4. The lowest BCUT2D eigenvalue weighted by Crippen LogP contribution is -2.43. The summed E-state index contributed by atoms with van der Waals surface area (Å²) in [5.41, 5.74) is 3.95. The Kier molecular flexibility index (Phi) is 7.68. The summed E-state index contributed by atoms with van der Waals surface area (Å²) in [7, 11) is -3.52. The van der Waals surface area contributed by atoms with Gasteiger partial charge in [0, 0.05) is 29.1 Å². The lowest BCUT2D eigenvalue weighted by atomic mass is 9.95. The van der Waals surface area contributed by atoms with Gasteiger partial charge in [-0.3, -0.25) is 4.79 Å². The number of piperidine rings is 1. The smallest absolute Gasteiger partial charge is 0.223 e. The molecule has 2 aromatic carbocycles. The highest BCUT2D eigenvalue weighted by Crippen LogP contribution is 2.27. The van der Waals surface area contributed by atoms with E-state index in [9.17, 15) is 13.2 Å². The van der Waals surface area contributed by atoms with Crippen molar-refractivity contribution in [2.45, 2.75) is 45.4 Å². The van der Waals surface area contributed by atoms with Gasteiger partial charge in [-0.2, -0.15) is 0 Å². The highest BCUT2D eigenvalue weighted by atomic mass is 35.5. The fourth-order valence-corrected chi connectivity index (χ4v) is 6.19. The van der Waals surface area contributed by atoms with Gasteiger partial charge in [-0.25, -0.2) is 12.7 Å². The van der Waals surface area contributed by atoms with Crippen molar-refractivity contribution in [2.24, 2.45) is 5.92 Å². The second kappa shape index (κ2) is 9.90. The average Bonchev–Trinajstić information content (AvgIpc) is 2.70. The molecule has 8 heteroatoms. The number of amides is 1. The number of carbonyl (C=O) groups excluding carboxylic acids is 1. The number of nitrogens with zero attached hydrogens (tertiary/aromatic N) is 1. The first kappa shape index (κ1) is 24.1. The van der Waals surface area contributed by atoms with Crippen LogP contribution in [-0.4, -0.2) is 31.7 Å². The van der Waals surface area contributed by atoms with Crippen LogP contribution in [0.25, 0.3) is 0 Å². The summed E-state index contributed by atoms with van der Waals surface area (Å²) in [4.78, 5) is 12.8. The molecule has 5 nitrogen and oxygen atoms in total. The third-order valence-corrected chi connectivity index (χ3v) is 8.24. The Hall–Kier alpha value is -1.60. The predicted molar refractivity (Wildman–Crippen MR) is 126 cm³/mol. The van der Waals surface area contributed by atoms with Crippen molar-refractivity contribution in [3.63, 3.8) is 0 Å². The Morgan fingerprint density at radius 2 is 1.81 bits per heavy atom. The Balaban J connectivity index is 1.57. The zero-order valence-electron chi connectivity index (χ0n) is 18.0. The van der Waals surface area contributed by atoms with Crippen molar-refractivity contribution in [3.05, 3.63) is 68.7 Å². The predicted octanol–water partition coefficient (Wildman–Crippen LogP) is 5.03. The molecule has 31 heavy (non-hydrogen) atoms. The molecule has 0 aromatic heterocycles. The number of benzene rings is 2. The maximum Gasteiger partial charge on any atom is 0.223 e. The molecule has 2 aromatic rings. The lowest BCUT2D eigenvalue weighted by molar-refractivity contribution is -0.126. The van der Waals surface area contributed by atoms with Gasteiger partial charge in [0.05, 0.1) is 11.8 Å². The number of halogens is 2. The van der Waals surface area contributed by atoms with Crippen LogP contribution in [0.15, 0.2) is 36.4 Å². The molecule has 1 aliphatic rings. The zero-order chi connectivity index (χ0) is 22.8. The van der Waals surface area contributed by atoms with Gasteiger partial charge in [0.2, 0.25) is 15.9 Å². The molecule has 0 radical (unpaired) electrons. The summed E-state index contributed by atoms with van der Waals surface area (Å²) in [6.07, 6.45) is 0.998. The molecule has 1 fully saturated rings. The number of nitrogens with one attached hydrogen (secondary N) is 1. The molecule has 1 atom stereocenters. The van der Waals surface area contributed by atoms with E-state index in [1.165, 1.54) is 9.87 Å². The van der Waals surface area contributed by atoms with Crippen molar-refractivity contribution in [3.8, 4) is 0 Å². The maximum atomic E-state index is 12.8. The summed E-state index contributed by atoms with van der Waals surface area (Å²) in [6, 6.07) is 10.9. The van der Waals surface area contributed by atoms with Gasteiger partial charge in [0.1, 0.15) is 0 Å². The minimum absolute atomic E-state index is 0.0229. The fraction of sp³-hybridized carbons (Fsp3) is 0.435. The molecule has 1 saturated heterocycles. The molecule has 168 valence electrons. The summed E-state index contributed by atoms with van der Waals surface area (Å²) in [5, 5.41) is 3.90. The Morgan fingerprint density at radius 3 is 2.42 bits per heavy atom. The first-order valence-corrected chi connectivity index (χ1v) is 12.7. The van der Waals surface area contributed by atoms with E-state index >= 15 is 0 Å². The second-order valence-electron chi connectivity index (χ2n) is 8.26. The first-order chi connectivity index (χ1) is 14.6. The molecule has 0 bridgehead atoms. The Morgan fingerprint density at radius 1 is 1.13 bits per heavy atom. The zero-order valence-corrected chi connectivity index (χ0v) is 20.3. The largest absolute Gasteiger partial charge is 0.349 e. The van der Waals surface area contributed by atoms with Crippen molar-refractivity contribution >= 4 is 39.1 Å². The fourth-order valence-electron chi connectivity index (χ4n) is 4.04. The van der Waals surface area contributed by atoms with E-state index in [1.54, 1.807) is 18.2 Å². The van der Waals surface area contributed by atoms with Crippen LogP contribution in [0.3, 0.4) is 0 Å². The van der Waals surface area contributed by atoms with Gasteiger partial charge in [-0.1, -0.05) is 53.0 Å². The Bertz CT molecular complexity index is 1060. The van der Waals surface area contributed by atoms with Crippen LogP contribution in [0.4, 0.5) is 0 Å². The minimum Gasteiger partial charge on any atom is -0.349 e. The van der Waals surface area contributed by atoms with Crippen LogP contribution < -0.4 is 5.32 Å². The second-order valence-corrected chi connectivity index (χ2v) is 11.1. The molecule has 0 spiro atoms. The van der Waals surface area contributed by atoms with Crippen LogP contribution in [-0.2, 0) is 20.6 Å². The number of hydrogen-bond acceptors (Lipinski definition) is 3. The van der Waals surface area contributed by atoms with Gasteiger partial charge in [0.25, 0.3) is 0 Å². The van der Waals surface area contributed by atoms with Crippen molar-refractivity contribution in [1.82, 2.24) is 9.62 Å². The molecular weight excluding hydrogens is 455 g/mol. The standard InChI is InChI=1S/C23H28Cl2N2O3S/c1-15-4-7-21(16(2)12-15)17(3)26-23(28)18-8-10-27(11-9-18)31(29,30)14-19-5-6-20(24)13-22(19)25/h4-7,12-13,17-18H,8-11,14H2,1-3H3,(H,26,28). The number of aryl methyl sites for hydroxylation is 2. The normalized spacial score (nSPS) is 16.8. The molecule has 0 saturated carbocycles. The van der Waals surface area contributed by atoms with Crippen molar-refractivity contribution < 1.29 is 13.2 Å². The van der Waals surface area contributed by atoms with Gasteiger partial charge in [0.15, 0.2) is 0 Å². The third kappa shape index (κ3) is 6.01. The number of rotatable bonds is 6. The van der Waals surface area contributed by atoms with E-state index < -0.39 is 10.0 Å². The summed E-state index contributed by atoms with van der Waals surface area (Å²) >= 11 is 12.0. The number of carbonyl (C=O) groups is 1. The summed E-state index contributed by atoms with van der Waals surface area (Å²) in [6.45, 7) is 6.71. The molecule has 0 aliphatic carbocycles. The van der Waals surface area contributed by atoms with Gasteiger partial charge < -0.3 is 5.32 Å². The van der Waals surface area contributed by atoms with Crippen molar-refractivity contribution in [1.29, 1.82) is 0 Å². The van der Waals surface area contributed by atoms with Crippen molar-refractivity contribution in [2.75, 3.05) is 13.1 Å². The molecular formula is C23H28Cl2N2O3S. The topological polar surface area (TPSA) is 66.5 Å². The number of hydrogen-bond donors (Lipinski definition) is 1. The van der Waals surface area contributed by atoms with Crippen LogP contribution in [0.5, 0.6) is 0 Å². The van der Waals surface area contributed by atoms with E-state index in [1.807, 2.05) is 32.9 Å². The summed E-state index contributed by atoms with van der Waals surface area (Å²) < 4.78 is 27.1. The monoisotopic (exact) mass is 482 g/mol. The van der Waals surface area contributed by atoms with Crippen LogP contribution in [0, 0.1) is 19.8 Å². The maximum absolute atomic E-state index is 12.8. The van der Waals surface area contributed by atoms with Gasteiger partial charge in [-0.05, 0) is 62.4 Å². The average molecular weight is 483 g/mol. The van der Waals surface area contributed by atoms with Crippen LogP contribution >= 0.6 is 23.2 Å².